The van der Waals surface area contributed by atoms with Crippen LogP contribution in [0.2, 0.25) is 0 Å². The third kappa shape index (κ3) is 2.95. The molecule has 102 valence electrons. The summed E-state index contributed by atoms with van der Waals surface area (Å²) in [5.41, 5.74) is 7.16. The Balaban J connectivity index is 2.08. The second-order valence-corrected chi connectivity index (χ2v) is 7.89. The molecule has 2 N–H and O–H groups in total. The van der Waals surface area contributed by atoms with Gasteiger partial charge in [-0.25, -0.2) is 8.42 Å². The highest BCUT2D eigenvalue weighted by Crippen LogP contribution is 2.30. The molecule has 5 nitrogen and oxygen atoms in total. The fourth-order valence-electron chi connectivity index (χ4n) is 2.52. The Labute approximate surface area is 116 Å². The minimum absolute atomic E-state index is 0.167. The van der Waals surface area contributed by atoms with Gasteiger partial charge in [0, 0.05) is 12.6 Å². The van der Waals surface area contributed by atoms with Crippen molar-refractivity contribution in [2.75, 3.05) is 11.5 Å². The van der Waals surface area contributed by atoms with Crippen LogP contribution in [0.1, 0.15) is 31.5 Å². The summed E-state index contributed by atoms with van der Waals surface area (Å²) >= 11 is 3.45. The average Bonchev–Trinajstić information content (AvgIpc) is 2.81. The van der Waals surface area contributed by atoms with E-state index in [4.69, 9.17) is 5.73 Å². The number of hydrogen-bond donors (Lipinski definition) is 1. The number of aromatic nitrogens is 2. The van der Waals surface area contributed by atoms with Crippen LogP contribution in [0.5, 0.6) is 0 Å². The lowest BCUT2D eigenvalue weighted by Gasteiger charge is -2.17. The Morgan fingerprint density at radius 1 is 1.67 bits per heavy atom. The molecule has 2 atom stereocenters. The van der Waals surface area contributed by atoms with Crippen LogP contribution in [-0.4, -0.2) is 29.7 Å². The quantitative estimate of drug-likeness (QED) is 0.904. The minimum Gasteiger partial charge on any atom is -0.323 e. The molecule has 18 heavy (non-hydrogen) atoms. The van der Waals surface area contributed by atoms with Gasteiger partial charge in [-0.15, -0.1) is 0 Å². The van der Waals surface area contributed by atoms with Crippen molar-refractivity contribution >= 4 is 25.8 Å². The van der Waals surface area contributed by atoms with E-state index in [2.05, 4.69) is 21.0 Å². The van der Waals surface area contributed by atoms with Gasteiger partial charge in [0.25, 0.3) is 0 Å². The SMILES string of the molecule is CCn1ncc(Br)c1C(N)CC1CCS(=O)(=O)C1. The Kier molecular flexibility index (Phi) is 4.13. The highest BCUT2D eigenvalue weighted by molar-refractivity contribution is 9.10. The van der Waals surface area contributed by atoms with Gasteiger partial charge in [0.15, 0.2) is 9.84 Å². The zero-order valence-electron chi connectivity index (χ0n) is 10.3. The van der Waals surface area contributed by atoms with E-state index in [-0.39, 0.29) is 17.7 Å². The van der Waals surface area contributed by atoms with Gasteiger partial charge in [-0.2, -0.15) is 5.10 Å². The zero-order chi connectivity index (χ0) is 13.3. The summed E-state index contributed by atoms with van der Waals surface area (Å²) in [6, 6.07) is -0.167. The average molecular weight is 336 g/mol. The van der Waals surface area contributed by atoms with E-state index in [9.17, 15) is 8.42 Å². The molecule has 2 unspecified atom stereocenters. The number of rotatable bonds is 4. The molecule has 1 saturated heterocycles. The summed E-state index contributed by atoms with van der Waals surface area (Å²) in [5, 5.41) is 4.23. The number of nitrogens with zero attached hydrogens (tertiary/aromatic N) is 2. The van der Waals surface area contributed by atoms with Crippen LogP contribution in [0, 0.1) is 5.92 Å². The Morgan fingerprint density at radius 2 is 2.39 bits per heavy atom. The van der Waals surface area contributed by atoms with E-state index in [1.807, 2.05) is 11.6 Å². The summed E-state index contributed by atoms with van der Waals surface area (Å²) in [4.78, 5) is 0. The van der Waals surface area contributed by atoms with E-state index >= 15 is 0 Å². The number of hydrogen-bond acceptors (Lipinski definition) is 4. The maximum atomic E-state index is 11.4. The van der Waals surface area contributed by atoms with Gasteiger partial charge in [-0.05, 0) is 41.6 Å². The van der Waals surface area contributed by atoms with Crippen LogP contribution in [0.15, 0.2) is 10.7 Å². The molecule has 0 amide bonds. The van der Waals surface area contributed by atoms with Crippen molar-refractivity contribution in [2.45, 2.75) is 32.4 Å². The van der Waals surface area contributed by atoms with Crippen LogP contribution in [0.4, 0.5) is 0 Å². The van der Waals surface area contributed by atoms with E-state index in [1.165, 1.54) is 0 Å². The van der Waals surface area contributed by atoms with Crippen LogP contribution < -0.4 is 5.73 Å². The molecule has 1 fully saturated rings. The molecule has 2 heterocycles. The number of nitrogens with two attached hydrogens (primary N) is 1. The lowest BCUT2D eigenvalue weighted by molar-refractivity contribution is 0.454. The van der Waals surface area contributed by atoms with Crippen molar-refractivity contribution in [3.63, 3.8) is 0 Å². The van der Waals surface area contributed by atoms with Crippen molar-refractivity contribution < 1.29 is 8.42 Å². The van der Waals surface area contributed by atoms with Crippen molar-refractivity contribution in [1.82, 2.24) is 9.78 Å². The van der Waals surface area contributed by atoms with Gasteiger partial charge in [-0.3, -0.25) is 4.68 Å². The number of halogens is 1. The van der Waals surface area contributed by atoms with Crippen LogP contribution >= 0.6 is 15.9 Å². The summed E-state index contributed by atoms with van der Waals surface area (Å²) in [5.74, 6) is 0.758. The molecule has 0 aromatic carbocycles. The molecule has 2 rings (SSSR count). The maximum Gasteiger partial charge on any atom is 0.150 e. The fourth-order valence-corrected chi connectivity index (χ4v) is 4.99. The second kappa shape index (κ2) is 5.30. The Bertz CT molecular complexity index is 526. The first-order valence-electron chi connectivity index (χ1n) is 6.10. The van der Waals surface area contributed by atoms with Crippen molar-refractivity contribution in [1.29, 1.82) is 0 Å². The van der Waals surface area contributed by atoms with Crippen LogP contribution in [-0.2, 0) is 16.4 Å². The number of aryl methyl sites for hydroxylation is 1. The smallest absolute Gasteiger partial charge is 0.150 e. The molecule has 1 aliphatic rings. The topological polar surface area (TPSA) is 78.0 Å². The Hall–Kier alpha value is -0.400. The predicted molar refractivity (Wildman–Crippen MR) is 73.9 cm³/mol. The standard InChI is InChI=1S/C11H18BrN3O2S/c1-2-15-11(9(12)6-14-15)10(13)5-8-3-4-18(16,17)7-8/h6,8,10H,2-5,7,13H2,1H3. The zero-order valence-corrected chi connectivity index (χ0v) is 12.7. The molecular formula is C11H18BrN3O2S. The third-order valence-electron chi connectivity index (χ3n) is 3.40. The fraction of sp³-hybridized carbons (Fsp3) is 0.727. The molecule has 0 saturated carbocycles. The summed E-state index contributed by atoms with van der Waals surface area (Å²) in [6.45, 7) is 2.77. The van der Waals surface area contributed by atoms with E-state index in [0.29, 0.717) is 12.2 Å². The first-order chi connectivity index (χ1) is 8.43. The van der Waals surface area contributed by atoms with Gasteiger partial charge in [0.2, 0.25) is 0 Å². The molecule has 1 aromatic rings. The summed E-state index contributed by atoms with van der Waals surface area (Å²) in [6.07, 6.45) is 3.17. The highest BCUT2D eigenvalue weighted by atomic mass is 79.9. The number of sulfone groups is 1. The first-order valence-corrected chi connectivity index (χ1v) is 8.71. The lowest BCUT2D eigenvalue weighted by atomic mass is 9.98. The minimum atomic E-state index is -2.83. The normalized spacial score (nSPS) is 24.3. The molecule has 7 heteroatoms. The van der Waals surface area contributed by atoms with Crippen molar-refractivity contribution in [2.24, 2.45) is 11.7 Å². The van der Waals surface area contributed by atoms with E-state index in [1.54, 1.807) is 6.20 Å². The van der Waals surface area contributed by atoms with Crippen molar-refractivity contribution in [3.05, 3.63) is 16.4 Å². The van der Waals surface area contributed by atoms with Gasteiger partial charge >= 0.3 is 0 Å². The van der Waals surface area contributed by atoms with E-state index in [0.717, 1.165) is 23.1 Å². The largest absolute Gasteiger partial charge is 0.323 e. The maximum absolute atomic E-state index is 11.4. The third-order valence-corrected chi connectivity index (χ3v) is 5.85. The van der Waals surface area contributed by atoms with Gasteiger partial charge in [-0.1, -0.05) is 0 Å². The van der Waals surface area contributed by atoms with Gasteiger partial charge in [0.05, 0.1) is 27.9 Å². The Morgan fingerprint density at radius 3 is 2.94 bits per heavy atom. The molecule has 0 aliphatic carbocycles. The van der Waals surface area contributed by atoms with Gasteiger partial charge in [0.1, 0.15) is 0 Å². The van der Waals surface area contributed by atoms with Crippen LogP contribution in [0.3, 0.4) is 0 Å². The lowest BCUT2D eigenvalue weighted by Crippen LogP contribution is -2.20. The monoisotopic (exact) mass is 335 g/mol. The van der Waals surface area contributed by atoms with Crippen LogP contribution in [0.25, 0.3) is 0 Å². The first kappa shape index (κ1) is 14.0. The van der Waals surface area contributed by atoms with Crippen molar-refractivity contribution in [3.8, 4) is 0 Å². The highest BCUT2D eigenvalue weighted by Gasteiger charge is 2.30. The molecule has 1 aliphatic heterocycles. The molecule has 0 spiro atoms. The summed E-state index contributed by atoms with van der Waals surface area (Å²) in [7, 11) is -2.83. The predicted octanol–water partition coefficient (Wildman–Crippen LogP) is 1.49. The van der Waals surface area contributed by atoms with E-state index < -0.39 is 9.84 Å². The molecule has 0 radical (unpaired) electrons. The molecule has 0 bridgehead atoms. The molecule has 1 aromatic heterocycles. The summed E-state index contributed by atoms with van der Waals surface area (Å²) < 4.78 is 25.6. The second-order valence-electron chi connectivity index (χ2n) is 4.80. The molecular weight excluding hydrogens is 318 g/mol. The van der Waals surface area contributed by atoms with Gasteiger partial charge < -0.3 is 5.73 Å².